The Morgan fingerprint density at radius 2 is 2.00 bits per heavy atom. The Labute approximate surface area is 88.2 Å². The summed E-state index contributed by atoms with van der Waals surface area (Å²) in [6.45, 7) is 2.03. The SMILES string of the molecule is CC(CC=O)c1ccc2nccnc2c1. The zero-order chi connectivity index (χ0) is 10.7. The number of nitrogens with zero attached hydrogens (tertiary/aromatic N) is 2. The Kier molecular flexibility index (Phi) is 2.72. The third-order valence-corrected chi connectivity index (χ3v) is 2.51. The van der Waals surface area contributed by atoms with E-state index in [0.29, 0.717) is 6.42 Å². The molecule has 1 unspecified atom stereocenters. The van der Waals surface area contributed by atoms with Crippen LogP contribution in [0, 0.1) is 0 Å². The van der Waals surface area contributed by atoms with E-state index in [4.69, 9.17) is 0 Å². The highest BCUT2D eigenvalue weighted by Gasteiger charge is 2.05. The van der Waals surface area contributed by atoms with Crippen LogP contribution in [-0.2, 0) is 4.79 Å². The van der Waals surface area contributed by atoms with Crippen LogP contribution in [0.5, 0.6) is 0 Å². The Morgan fingerprint density at radius 1 is 1.27 bits per heavy atom. The van der Waals surface area contributed by atoms with Crippen molar-refractivity contribution in [3.8, 4) is 0 Å². The van der Waals surface area contributed by atoms with Crippen LogP contribution in [0.4, 0.5) is 0 Å². The van der Waals surface area contributed by atoms with Crippen molar-refractivity contribution in [2.75, 3.05) is 0 Å². The molecule has 2 aromatic rings. The first-order valence-electron chi connectivity index (χ1n) is 4.95. The molecular formula is C12H12N2O. The summed E-state index contributed by atoms with van der Waals surface area (Å²) < 4.78 is 0. The maximum Gasteiger partial charge on any atom is 0.120 e. The normalized spacial score (nSPS) is 12.6. The summed E-state index contributed by atoms with van der Waals surface area (Å²) in [5, 5.41) is 0. The molecule has 0 saturated heterocycles. The van der Waals surface area contributed by atoms with Crippen LogP contribution >= 0.6 is 0 Å². The molecule has 0 aliphatic rings. The summed E-state index contributed by atoms with van der Waals surface area (Å²) in [5.74, 6) is 0.244. The average molecular weight is 200 g/mol. The number of hydrogen-bond donors (Lipinski definition) is 0. The third-order valence-electron chi connectivity index (χ3n) is 2.51. The lowest BCUT2D eigenvalue weighted by Crippen LogP contribution is -1.95. The largest absolute Gasteiger partial charge is 0.303 e. The molecule has 1 atom stereocenters. The van der Waals surface area contributed by atoms with Crippen molar-refractivity contribution in [2.45, 2.75) is 19.3 Å². The van der Waals surface area contributed by atoms with E-state index in [9.17, 15) is 4.79 Å². The minimum absolute atomic E-state index is 0.244. The van der Waals surface area contributed by atoms with Gasteiger partial charge in [-0.15, -0.1) is 0 Å². The summed E-state index contributed by atoms with van der Waals surface area (Å²) >= 11 is 0. The van der Waals surface area contributed by atoms with Gasteiger partial charge in [0.15, 0.2) is 0 Å². The van der Waals surface area contributed by atoms with Gasteiger partial charge in [0.05, 0.1) is 11.0 Å². The van der Waals surface area contributed by atoms with Gasteiger partial charge >= 0.3 is 0 Å². The molecule has 0 spiro atoms. The van der Waals surface area contributed by atoms with Crippen molar-refractivity contribution >= 4 is 17.3 Å². The van der Waals surface area contributed by atoms with E-state index in [1.807, 2.05) is 25.1 Å². The molecule has 1 aromatic carbocycles. The molecule has 76 valence electrons. The Morgan fingerprint density at radius 3 is 2.73 bits per heavy atom. The lowest BCUT2D eigenvalue weighted by Gasteiger charge is -2.08. The lowest BCUT2D eigenvalue weighted by molar-refractivity contribution is -0.108. The standard InChI is InChI=1S/C12H12N2O/c1-9(4-7-15)10-2-3-11-12(8-10)14-6-5-13-11/h2-3,5-9H,4H2,1H3. The number of aromatic nitrogens is 2. The van der Waals surface area contributed by atoms with Crippen molar-refractivity contribution in [1.29, 1.82) is 0 Å². The number of carbonyl (C=O) groups excluding carboxylic acids is 1. The van der Waals surface area contributed by atoms with Gasteiger partial charge in [0.2, 0.25) is 0 Å². The number of fused-ring (bicyclic) bond motifs is 1. The zero-order valence-electron chi connectivity index (χ0n) is 8.55. The van der Waals surface area contributed by atoms with E-state index >= 15 is 0 Å². The molecule has 0 aliphatic carbocycles. The second-order valence-electron chi connectivity index (χ2n) is 3.61. The minimum atomic E-state index is 0.244. The first-order chi connectivity index (χ1) is 7.31. The van der Waals surface area contributed by atoms with Crippen LogP contribution in [0.1, 0.15) is 24.8 Å². The fourth-order valence-electron chi connectivity index (χ4n) is 1.57. The van der Waals surface area contributed by atoms with Gasteiger partial charge < -0.3 is 4.79 Å². The quantitative estimate of drug-likeness (QED) is 0.714. The van der Waals surface area contributed by atoms with Crippen LogP contribution in [0.3, 0.4) is 0 Å². The second-order valence-corrected chi connectivity index (χ2v) is 3.61. The van der Waals surface area contributed by atoms with Gasteiger partial charge in [0.25, 0.3) is 0 Å². The summed E-state index contributed by atoms with van der Waals surface area (Å²) in [5.41, 5.74) is 2.91. The van der Waals surface area contributed by atoms with E-state index in [-0.39, 0.29) is 5.92 Å². The summed E-state index contributed by atoms with van der Waals surface area (Å²) in [6, 6.07) is 5.95. The smallest absolute Gasteiger partial charge is 0.120 e. The predicted octanol–water partition coefficient (Wildman–Crippen LogP) is 2.32. The maximum atomic E-state index is 10.4. The number of aldehydes is 1. The second kappa shape index (κ2) is 4.17. The number of benzene rings is 1. The molecule has 0 bridgehead atoms. The van der Waals surface area contributed by atoms with Gasteiger partial charge in [-0.3, -0.25) is 9.97 Å². The van der Waals surface area contributed by atoms with E-state index < -0.39 is 0 Å². The van der Waals surface area contributed by atoms with Gasteiger partial charge in [-0.1, -0.05) is 13.0 Å². The lowest BCUT2D eigenvalue weighted by atomic mass is 9.98. The van der Waals surface area contributed by atoms with E-state index in [1.165, 1.54) is 0 Å². The molecule has 3 heteroatoms. The number of carbonyl (C=O) groups is 1. The van der Waals surface area contributed by atoms with Gasteiger partial charge in [0.1, 0.15) is 6.29 Å². The monoisotopic (exact) mass is 200 g/mol. The molecule has 0 aliphatic heterocycles. The molecule has 3 nitrogen and oxygen atoms in total. The summed E-state index contributed by atoms with van der Waals surface area (Å²) in [7, 11) is 0. The van der Waals surface area contributed by atoms with Crippen molar-refractivity contribution in [3.63, 3.8) is 0 Å². The third kappa shape index (κ3) is 2.01. The van der Waals surface area contributed by atoms with Gasteiger partial charge in [-0.2, -0.15) is 0 Å². The molecule has 0 radical (unpaired) electrons. The summed E-state index contributed by atoms with van der Waals surface area (Å²) in [6.07, 6.45) is 4.85. The highest BCUT2D eigenvalue weighted by molar-refractivity contribution is 5.74. The molecule has 0 fully saturated rings. The molecule has 0 N–H and O–H groups in total. The van der Waals surface area contributed by atoms with Crippen LogP contribution < -0.4 is 0 Å². The van der Waals surface area contributed by atoms with E-state index in [1.54, 1.807) is 12.4 Å². The Hall–Kier alpha value is -1.77. The van der Waals surface area contributed by atoms with Crippen LogP contribution in [0.25, 0.3) is 11.0 Å². The molecule has 2 rings (SSSR count). The van der Waals surface area contributed by atoms with Crippen molar-refractivity contribution < 1.29 is 4.79 Å². The molecule has 1 heterocycles. The highest BCUT2D eigenvalue weighted by atomic mass is 16.1. The van der Waals surface area contributed by atoms with Crippen LogP contribution in [0.2, 0.25) is 0 Å². The Bertz CT molecular complexity index is 482. The average Bonchev–Trinajstić information content (AvgIpc) is 2.29. The van der Waals surface area contributed by atoms with Gasteiger partial charge in [0, 0.05) is 18.8 Å². The fraction of sp³-hybridized carbons (Fsp3) is 0.250. The first kappa shape index (κ1) is 9.77. The molecule has 0 saturated carbocycles. The zero-order valence-corrected chi connectivity index (χ0v) is 8.55. The predicted molar refractivity (Wildman–Crippen MR) is 58.6 cm³/mol. The molecule has 0 amide bonds. The first-order valence-corrected chi connectivity index (χ1v) is 4.95. The topological polar surface area (TPSA) is 42.9 Å². The highest BCUT2D eigenvalue weighted by Crippen LogP contribution is 2.20. The van der Waals surface area contributed by atoms with Crippen LogP contribution in [-0.4, -0.2) is 16.3 Å². The van der Waals surface area contributed by atoms with Gasteiger partial charge in [-0.25, -0.2) is 0 Å². The van der Waals surface area contributed by atoms with Crippen molar-refractivity contribution in [1.82, 2.24) is 9.97 Å². The molecule has 1 aromatic heterocycles. The van der Waals surface area contributed by atoms with E-state index in [0.717, 1.165) is 22.9 Å². The summed E-state index contributed by atoms with van der Waals surface area (Å²) in [4.78, 5) is 18.9. The molecular weight excluding hydrogens is 188 g/mol. The van der Waals surface area contributed by atoms with Crippen molar-refractivity contribution in [2.24, 2.45) is 0 Å². The van der Waals surface area contributed by atoms with Crippen LogP contribution in [0.15, 0.2) is 30.6 Å². The Balaban J connectivity index is 2.42. The maximum absolute atomic E-state index is 10.4. The number of rotatable bonds is 3. The number of hydrogen-bond acceptors (Lipinski definition) is 3. The van der Waals surface area contributed by atoms with Gasteiger partial charge in [-0.05, 0) is 23.6 Å². The van der Waals surface area contributed by atoms with E-state index in [2.05, 4.69) is 9.97 Å². The van der Waals surface area contributed by atoms with Crippen molar-refractivity contribution in [3.05, 3.63) is 36.2 Å². The fourth-order valence-corrected chi connectivity index (χ4v) is 1.57. The minimum Gasteiger partial charge on any atom is -0.303 e. The molecule has 15 heavy (non-hydrogen) atoms.